The predicted octanol–water partition coefficient (Wildman–Crippen LogP) is 2.03. The Bertz CT molecular complexity index is 141. The molecule has 1 heteroatoms. The molecular formula is C10H19N. The van der Waals surface area contributed by atoms with Crippen molar-refractivity contribution in [3.05, 3.63) is 0 Å². The first-order valence-electron chi connectivity index (χ1n) is 4.28. The monoisotopic (exact) mass is 153 g/mol. The van der Waals surface area contributed by atoms with Crippen LogP contribution in [0.3, 0.4) is 0 Å². The SMILES string of the molecule is C#CC(NCC)C(C)(C)CC. The van der Waals surface area contributed by atoms with E-state index in [9.17, 15) is 0 Å². The van der Waals surface area contributed by atoms with Gasteiger partial charge in [0.15, 0.2) is 0 Å². The molecule has 0 rings (SSSR count). The van der Waals surface area contributed by atoms with Crippen LogP contribution in [-0.2, 0) is 0 Å². The lowest BCUT2D eigenvalue weighted by Gasteiger charge is -2.29. The highest BCUT2D eigenvalue weighted by Crippen LogP contribution is 2.23. The second-order valence-corrected chi connectivity index (χ2v) is 3.50. The highest BCUT2D eigenvalue weighted by molar-refractivity contribution is 5.05. The summed E-state index contributed by atoms with van der Waals surface area (Å²) >= 11 is 0. The van der Waals surface area contributed by atoms with Crippen LogP contribution in [0.15, 0.2) is 0 Å². The molecule has 0 amide bonds. The van der Waals surface area contributed by atoms with Gasteiger partial charge in [-0.25, -0.2) is 0 Å². The van der Waals surface area contributed by atoms with E-state index in [1.165, 1.54) is 0 Å². The molecule has 0 aliphatic heterocycles. The van der Waals surface area contributed by atoms with Crippen LogP contribution >= 0.6 is 0 Å². The number of rotatable bonds is 4. The average molecular weight is 153 g/mol. The van der Waals surface area contributed by atoms with Crippen LogP contribution in [0.25, 0.3) is 0 Å². The van der Waals surface area contributed by atoms with Crippen LogP contribution in [-0.4, -0.2) is 12.6 Å². The van der Waals surface area contributed by atoms with Gasteiger partial charge in [0.25, 0.3) is 0 Å². The van der Waals surface area contributed by atoms with Crippen molar-refractivity contribution in [3.63, 3.8) is 0 Å². The number of hydrogen-bond donors (Lipinski definition) is 1. The van der Waals surface area contributed by atoms with Gasteiger partial charge in [0.05, 0.1) is 6.04 Å². The van der Waals surface area contributed by atoms with Crippen LogP contribution < -0.4 is 5.32 Å². The maximum atomic E-state index is 5.41. The Labute approximate surface area is 70.6 Å². The van der Waals surface area contributed by atoms with Crippen LogP contribution in [0.4, 0.5) is 0 Å². The summed E-state index contributed by atoms with van der Waals surface area (Å²) in [6, 6.07) is 0.206. The normalized spacial score (nSPS) is 14.1. The van der Waals surface area contributed by atoms with Crippen LogP contribution in [0.2, 0.25) is 0 Å². The van der Waals surface area contributed by atoms with E-state index in [-0.39, 0.29) is 11.5 Å². The Kier molecular flexibility index (Phi) is 4.22. The molecule has 0 fully saturated rings. The van der Waals surface area contributed by atoms with Crippen molar-refractivity contribution in [1.29, 1.82) is 0 Å². The van der Waals surface area contributed by atoms with Crippen molar-refractivity contribution in [1.82, 2.24) is 5.32 Å². The minimum atomic E-state index is 0.206. The average Bonchev–Trinajstić information content (AvgIpc) is 2.00. The molecule has 1 atom stereocenters. The Morgan fingerprint density at radius 1 is 1.45 bits per heavy atom. The van der Waals surface area contributed by atoms with Gasteiger partial charge in [0.1, 0.15) is 0 Å². The van der Waals surface area contributed by atoms with Gasteiger partial charge in [-0.05, 0) is 18.4 Å². The highest BCUT2D eigenvalue weighted by atomic mass is 14.9. The van der Waals surface area contributed by atoms with Gasteiger partial charge in [-0.15, -0.1) is 6.42 Å². The largest absolute Gasteiger partial charge is 0.304 e. The first kappa shape index (κ1) is 10.5. The molecule has 0 radical (unpaired) electrons. The molecular weight excluding hydrogens is 134 g/mol. The van der Waals surface area contributed by atoms with Crippen molar-refractivity contribution in [3.8, 4) is 12.3 Å². The van der Waals surface area contributed by atoms with E-state index in [0.717, 1.165) is 13.0 Å². The zero-order chi connectivity index (χ0) is 8.91. The molecule has 1 unspecified atom stereocenters. The summed E-state index contributed by atoms with van der Waals surface area (Å²) < 4.78 is 0. The highest BCUT2D eigenvalue weighted by Gasteiger charge is 2.24. The number of terminal acetylenes is 1. The number of nitrogens with one attached hydrogen (secondary N) is 1. The molecule has 0 saturated carbocycles. The second-order valence-electron chi connectivity index (χ2n) is 3.50. The zero-order valence-electron chi connectivity index (χ0n) is 8.07. The first-order valence-corrected chi connectivity index (χ1v) is 4.28. The smallest absolute Gasteiger partial charge is 0.0738 e. The summed E-state index contributed by atoms with van der Waals surface area (Å²) in [6.07, 6.45) is 6.51. The molecule has 0 spiro atoms. The summed E-state index contributed by atoms with van der Waals surface area (Å²) in [5.41, 5.74) is 0.213. The fraction of sp³-hybridized carbons (Fsp3) is 0.800. The molecule has 0 saturated heterocycles. The van der Waals surface area contributed by atoms with Gasteiger partial charge in [-0.1, -0.05) is 33.6 Å². The third kappa shape index (κ3) is 2.95. The first-order chi connectivity index (χ1) is 5.08. The van der Waals surface area contributed by atoms with Gasteiger partial charge < -0.3 is 5.32 Å². The maximum Gasteiger partial charge on any atom is 0.0738 e. The fourth-order valence-corrected chi connectivity index (χ4v) is 0.969. The summed E-state index contributed by atoms with van der Waals surface area (Å²) in [6.45, 7) is 9.58. The van der Waals surface area contributed by atoms with Crippen molar-refractivity contribution in [2.24, 2.45) is 5.41 Å². The standard InChI is InChI=1S/C10H19N/c1-6-9(11-8-3)10(4,5)7-2/h1,9,11H,7-8H2,2-5H3. The third-order valence-electron chi connectivity index (χ3n) is 2.27. The molecule has 0 aromatic carbocycles. The molecule has 64 valence electrons. The van der Waals surface area contributed by atoms with Crippen LogP contribution in [0.5, 0.6) is 0 Å². The molecule has 0 aromatic rings. The molecule has 0 aliphatic carbocycles. The van der Waals surface area contributed by atoms with Gasteiger partial charge in [0.2, 0.25) is 0 Å². The quantitative estimate of drug-likeness (QED) is 0.609. The van der Waals surface area contributed by atoms with E-state index in [0.29, 0.717) is 0 Å². The van der Waals surface area contributed by atoms with Crippen LogP contribution in [0, 0.1) is 17.8 Å². The Morgan fingerprint density at radius 2 is 2.00 bits per heavy atom. The van der Waals surface area contributed by atoms with Crippen molar-refractivity contribution >= 4 is 0 Å². The summed E-state index contributed by atoms with van der Waals surface area (Å²) in [4.78, 5) is 0. The summed E-state index contributed by atoms with van der Waals surface area (Å²) in [7, 11) is 0. The summed E-state index contributed by atoms with van der Waals surface area (Å²) in [5.74, 6) is 2.78. The number of hydrogen-bond acceptors (Lipinski definition) is 1. The van der Waals surface area contributed by atoms with Crippen molar-refractivity contribution < 1.29 is 0 Å². The van der Waals surface area contributed by atoms with E-state index in [1.807, 2.05) is 0 Å². The topological polar surface area (TPSA) is 12.0 Å². The van der Waals surface area contributed by atoms with E-state index in [4.69, 9.17) is 6.42 Å². The van der Waals surface area contributed by atoms with E-state index in [2.05, 4.69) is 38.9 Å². The lowest BCUT2D eigenvalue weighted by Crippen LogP contribution is -2.40. The molecule has 1 N–H and O–H groups in total. The predicted molar refractivity (Wildman–Crippen MR) is 50.4 cm³/mol. The van der Waals surface area contributed by atoms with E-state index < -0.39 is 0 Å². The Morgan fingerprint density at radius 3 is 2.27 bits per heavy atom. The summed E-state index contributed by atoms with van der Waals surface area (Å²) in [5, 5.41) is 3.29. The van der Waals surface area contributed by atoms with Gasteiger partial charge in [0, 0.05) is 0 Å². The molecule has 0 bridgehead atoms. The molecule has 0 aliphatic rings. The van der Waals surface area contributed by atoms with Gasteiger partial charge >= 0.3 is 0 Å². The van der Waals surface area contributed by atoms with Crippen molar-refractivity contribution in [2.45, 2.75) is 40.2 Å². The molecule has 0 heterocycles. The minimum absolute atomic E-state index is 0.206. The maximum absolute atomic E-state index is 5.41. The lowest BCUT2D eigenvalue weighted by atomic mass is 9.82. The molecule has 0 aromatic heterocycles. The van der Waals surface area contributed by atoms with Gasteiger partial charge in [-0.3, -0.25) is 0 Å². The van der Waals surface area contributed by atoms with E-state index in [1.54, 1.807) is 0 Å². The van der Waals surface area contributed by atoms with E-state index >= 15 is 0 Å². The lowest BCUT2D eigenvalue weighted by molar-refractivity contribution is 0.281. The minimum Gasteiger partial charge on any atom is -0.304 e. The molecule has 11 heavy (non-hydrogen) atoms. The van der Waals surface area contributed by atoms with Crippen molar-refractivity contribution in [2.75, 3.05) is 6.54 Å². The zero-order valence-corrected chi connectivity index (χ0v) is 8.07. The van der Waals surface area contributed by atoms with Crippen LogP contribution in [0.1, 0.15) is 34.1 Å². The Balaban J connectivity index is 4.14. The van der Waals surface area contributed by atoms with Gasteiger partial charge in [-0.2, -0.15) is 0 Å². The molecule has 1 nitrogen and oxygen atoms in total. The fourth-order valence-electron chi connectivity index (χ4n) is 0.969. The second kappa shape index (κ2) is 4.41. The third-order valence-corrected chi connectivity index (χ3v) is 2.27. The Hall–Kier alpha value is -0.480.